The molecule has 2 aromatic rings. The number of methoxy groups -OCH3 is 2. The minimum absolute atomic E-state index is 0.0582. The lowest BCUT2D eigenvalue weighted by Crippen LogP contribution is -2.76. The Labute approximate surface area is 243 Å². The largest absolute Gasteiger partial charge is 0.493 e. The Morgan fingerprint density at radius 1 is 0.951 bits per heavy atom. The van der Waals surface area contributed by atoms with Crippen molar-refractivity contribution in [1.82, 2.24) is 25.1 Å². The van der Waals surface area contributed by atoms with Crippen LogP contribution in [0.4, 0.5) is 4.79 Å². The topological polar surface area (TPSA) is 94.7 Å². The van der Waals surface area contributed by atoms with E-state index in [9.17, 15) is 14.4 Å². The number of ether oxygens (including phenoxy) is 2. The fourth-order valence-corrected chi connectivity index (χ4v) is 5.68. The molecule has 2 atom stereocenters. The van der Waals surface area contributed by atoms with Gasteiger partial charge in [0.05, 0.1) is 27.3 Å². The fourth-order valence-electron chi connectivity index (χ4n) is 5.68. The van der Waals surface area contributed by atoms with Gasteiger partial charge in [-0.25, -0.2) is 14.8 Å². The highest BCUT2D eigenvalue weighted by Gasteiger charge is 2.50. The number of carbonyl (C=O) groups excluding carboxylic acids is 3. The number of unbranched alkanes of at least 4 members (excludes halogenated alkanes) is 1. The molecule has 0 aliphatic carbocycles. The van der Waals surface area contributed by atoms with E-state index in [1.165, 1.54) is 0 Å². The van der Waals surface area contributed by atoms with E-state index in [2.05, 4.69) is 12.2 Å². The molecule has 4 rings (SSSR count). The van der Waals surface area contributed by atoms with E-state index < -0.39 is 12.2 Å². The van der Waals surface area contributed by atoms with Crippen LogP contribution in [0.1, 0.15) is 50.7 Å². The first kappa shape index (κ1) is 30.2. The highest BCUT2D eigenvalue weighted by molar-refractivity contribution is 5.91. The molecule has 10 nitrogen and oxygen atoms in total. The number of amides is 4. The molecule has 41 heavy (non-hydrogen) atoms. The third-order valence-electron chi connectivity index (χ3n) is 7.76. The quantitative estimate of drug-likeness (QED) is 0.422. The van der Waals surface area contributed by atoms with Crippen molar-refractivity contribution in [3.8, 4) is 11.5 Å². The Hall–Kier alpha value is -3.79. The fraction of sp³-hybridized carbons (Fsp3) is 0.516. The summed E-state index contributed by atoms with van der Waals surface area (Å²) in [4.78, 5) is 44.6. The van der Waals surface area contributed by atoms with Gasteiger partial charge in [-0.3, -0.25) is 9.59 Å². The highest BCUT2D eigenvalue weighted by atomic mass is 16.5. The van der Waals surface area contributed by atoms with Crippen LogP contribution in [-0.4, -0.2) is 90.3 Å². The lowest BCUT2D eigenvalue weighted by Gasteiger charge is -2.55. The molecular formula is C31H43N5O5. The van der Waals surface area contributed by atoms with Crippen LogP contribution >= 0.6 is 0 Å². The van der Waals surface area contributed by atoms with Crippen molar-refractivity contribution in [2.75, 3.05) is 40.4 Å². The smallest absolute Gasteiger partial charge is 0.334 e. The maximum Gasteiger partial charge on any atom is 0.334 e. The Morgan fingerprint density at radius 2 is 1.71 bits per heavy atom. The number of fused-ring (bicyclic) bond motifs is 1. The van der Waals surface area contributed by atoms with Crippen molar-refractivity contribution in [2.45, 2.75) is 64.7 Å². The van der Waals surface area contributed by atoms with Gasteiger partial charge in [0, 0.05) is 19.6 Å². The molecule has 0 saturated carbocycles. The van der Waals surface area contributed by atoms with Gasteiger partial charge in [0.2, 0.25) is 11.8 Å². The second-order valence-corrected chi connectivity index (χ2v) is 10.5. The average Bonchev–Trinajstić information content (AvgIpc) is 2.99. The third kappa shape index (κ3) is 6.93. The van der Waals surface area contributed by atoms with Crippen LogP contribution in [0.2, 0.25) is 0 Å². The van der Waals surface area contributed by atoms with Crippen molar-refractivity contribution in [3.05, 3.63) is 59.7 Å². The van der Waals surface area contributed by atoms with Gasteiger partial charge in [0.1, 0.15) is 12.2 Å². The summed E-state index contributed by atoms with van der Waals surface area (Å²) in [6.45, 7) is 5.82. The molecule has 0 radical (unpaired) electrons. The maximum absolute atomic E-state index is 13.8. The molecule has 0 aromatic heterocycles. The number of urea groups is 1. The zero-order valence-corrected chi connectivity index (χ0v) is 24.7. The molecule has 0 unspecified atom stereocenters. The van der Waals surface area contributed by atoms with Crippen LogP contribution in [0.5, 0.6) is 11.5 Å². The average molecular weight is 566 g/mol. The Kier molecular flexibility index (Phi) is 10.5. The summed E-state index contributed by atoms with van der Waals surface area (Å²) in [7, 11) is 3.20. The lowest BCUT2D eigenvalue weighted by molar-refractivity contribution is -0.190. The zero-order chi connectivity index (χ0) is 29.4. The molecule has 2 saturated heterocycles. The van der Waals surface area contributed by atoms with Gasteiger partial charge in [0.15, 0.2) is 11.5 Å². The number of nitrogens with zero attached hydrogens (tertiary/aromatic N) is 4. The van der Waals surface area contributed by atoms with E-state index in [0.29, 0.717) is 44.0 Å². The van der Waals surface area contributed by atoms with Gasteiger partial charge in [-0.05, 0) is 42.5 Å². The second-order valence-electron chi connectivity index (χ2n) is 10.5. The lowest BCUT2D eigenvalue weighted by atomic mass is 10.0. The predicted molar refractivity (Wildman–Crippen MR) is 156 cm³/mol. The van der Waals surface area contributed by atoms with E-state index in [4.69, 9.17) is 9.47 Å². The number of hydrogen-bond donors (Lipinski definition) is 1. The third-order valence-corrected chi connectivity index (χ3v) is 7.76. The molecule has 2 aliphatic heterocycles. The van der Waals surface area contributed by atoms with Crippen LogP contribution in [0.3, 0.4) is 0 Å². The molecule has 2 aliphatic rings. The number of piperazine rings is 1. The Morgan fingerprint density at radius 3 is 2.39 bits per heavy atom. The molecule has 222 valence electrons. The second kappa shape index (κ2) is 14.2. The standard InChI is InChI=1S/C31H43N5O5/c1-5-7-13-25-30(38)33(18-16-23-14-15-26(40-3)27(19-23)41-4)21-28-35(25)29(37)22-34(17-6-2)36(28)31(39)32-20-24-11-9-8-10-12-24/h8-12,14-15,19,25,28H,5-7,13,16-18,20-22H2,1-4H3,(H,32,39)/t25-,28-/m0/s1. The molecule has 0 bridgehead atoms. The summed E-state index contributed by atoms with van der Waals surface area (Å²) in [5.74, 6) is 1.12. The van der Waals surface area contributed by atoms with Crippen LogP contribution in [0.15, 0.2) is 48.5 Å². The van der Waals surface area contributed by atoms with E-state index >= 15 is 0 Å². The normalized spacial score (nSPS) is 19.3. The van der Waals surface area contributed by atoms with Crippen LogP contribution in [0.25, 0.3) is 0 Å². The summed E-state index contributed by atoms with van der Waals surface area (Å²) in [5, 5.41) is 6.57. The van der Waals surface area contributed by atoms with Gasteiger partial charge in [-0.2, -0.15) is 0 Å². The number of carbonyl (C=O) groups is 3. The van der Waals surface area contributed by atoms with E-state index in [-0.39, 0.29) is 30.9 Å². The van der Waals surface area contributed by atoms with E-state index in [1.54, 1.807) is 24.1 Å². The summed E-state index contributed by atoms with van der Waals surface area (Å²) < 4.78 is 10.8. The minimum atomic E-state index is -0.597. The number of hydrogen-bond acceptors (Lipinski definition) is 6. The molecule has 2 aromatic carbocycles. The molecule has 1 N–H and O–H groups in total. The van der Waals surface area contributed by atoms with E-state index in [0.717, 1.165) is 30.4 Å². The van der Waals surface area contributed by atoms with Gasteiger partial charge < -0.3 is 24.6 Å². The molecule has 2 heterocycles. The van der Waals surface area contributed by atoms with Crippen molar-refractivity contribution < 1.29 is 23.9 Å². The first-order valence-electron chi connectivity index (χ1n) is 14.6. The Bertz CT molecular complexity index is 1190. The SMILES string of the molecule is CCCC[C@H]1C(=O)N(CCc2ccc(OC)c(OC)c2)C[C@H]2N1C(=O)CN(CCC)N2C(=O)NCc1ccccc1. The molecule has 4 amide bonds. The number of benzene rings is 2. The van der Waals surface area contributed by atoms with Gasteiger partial charge >= 0.3 is 6.03 Å². The zero-order valence-electron chi connectivity index (χ0n) is 24.7. The molecule has 10 heteroatoms. The summed E-state index contributed by atoms with van der Waals surface area (Å²) in [6.07, 6.45) is 3.09. The van der Waals surface area contributed by atoms with Crippen molar-refractivity contribution in [3.63, 3.8) is 0 Å². The summed E-state index contributed by atoms with van der Waals surface area (Å²) in [5.41, 5.74) is 2.00. The maximum atomic E-state index is 13.8. The predicted octanol–water partition coefficient (Wildman–Crippen LogP) is 3.65. The summed E-state index contributed by atoms with van der Waals surface area (Å²) in [6, 6.07) is 14.6. The highest BCUT2D eigenvalue weighted by Crippen LogP contribution is 2.30. The van der Waals surface area contributed by atoms with Crippen LogP contribution in [-0.2, 0) is 22.6 Å². The van der Waals surface area contributed by atoms with Crippen LogP contribution in [0, 0.1) is 0 Å². The monoisotopic (exact) mass is 565 g/mol. The van der Waals surface area contributed by atoms with Gasteiger partial charge in [0.25, 0.3) is 0 Å². The summed E-state index contributed by atoms with van der Waals surface area (Å²) >= 11 is 0. The first-order chi connectivity index (χ1) is 19.9. The van der Waals surface area contributed by atoms with E-state index in [1.807, 2.05) is 65.4 Å². The first-order valence-corrected chi connectivity index (χ1v) is 14.6. The number of hydrazine groups is 1. The van der Waals surface area contributed by atoms with Crippen LogP contribution < -0.4 is 14.8 Å². The van der Waals surface area contributed by atoms with Crippen molar-refractivity contribution in [1.29, 1.82) is 0 Å². The number of rotatable bonds is 12. The molecule has 0 spiro atoms. The number of nitrogens with one attached hydrogen (secondary N) is 1. The molecule has 2 fully saturated rings. The Balaban J connectivity index is 1.59. The van der Waals surface area contributed by atoms with Gasteiger partial charge in [-0.15, -0.1) is 0 Å². The van der Waals surface area contributed by atoms with Crippen molar-refractivity contribution >= 4 is 17.8 Å². The molecular weight excluding hydrogens is 522 g/mol. The van der Waals surface area contributed by atoms with Gasteiger partial charge in [-0.1, -0.05) is 63.1 Å². The van der Waals surface area contributed by atoms with Crippen molar-refractivity contribution in [2.24, 2.45) is 0 Å². The minimum Gasteiger partial charge on any atom is -0.493 e.